The van der Waals surface area contributed by atoms with E-state index in [1.807, 2.05) is 6.20 Å². The van der Waals surface area contributed by atoms with E-state index in [9.17, 15) is 0 Å². The van der Waals surface area contributed by atoms with Gasteiger partial charge in [-0.15, -0.1) is 0 Å². The Morgan fingerprint density at radius 2 is 2.29 bits per heavy atom. The Kier molecular flexibility index (Phi) is 1.32. The molecule has 0 bridgehead atoms. The van der Waals surface area contributed by atoms with Crippen LogP contribution in [0.3, 0.4) is 0 Å². The zero-order valence-corrected chi connectivity index (χ0v) is 4.28. The smallest absolute Gasteiger partial charge is 0.0115 e. The third-order valence-electron chi connectivity index (χ3n) is 1.28. The Morgan fingerprint density at radius 3 is 2.43 bits per heavy atom. The van der Waals surface area contributed by atoms with Gasteiger partial charge in [0.2, 0.25) is 0 Å². The molecule has 0 aromatic carbocycles. The molecule has 1 fully saturated rings. The molecule has 3 N–H and O–H groups in total. The molecule has 0 aliphatic heterocycles. The van der Waals surface area contributed by atoms with Gasteiger partial charge in [0.15, 0.2) is 0 Å². The van der Waals surface area contributed by atoms with Crippen LogP contribution in [-0.4, -0.2) is 0 Å². The second kappa shape index (κ2) is 1.98. The Bertz CT molecular complexity index is 80.1. The summed E-state index contributed by atoms with van der Waals surface area (Å²) in [7, 11) is 0. The monoisotopic (exact) mass is 98.1 g/mol. The van der Waals surface area contributed by atoms with Crippen molar-refractivity contribution in [1.82, 2.24) is 5.43 Å². The Morgan fingerprint density at radius 1 is 1.57 bits per heavy atom. The first-order valence-corrected chi connectivity index (χ1v) is 2.57. The molecule has 2 nitrogen and oxygen atoms in total. The first-order valence-electron chi connectivity index (χ1n) is 2.57. The number of hydrogen-bond donors (Lipinski definition) is 2. The summed E-state index contributed by atoms with van der Waals surface area (Å²) in [5.74, 6) is 5.01. The van der Waals surface area contributed by atoms with Gasteiger partial charge in [0, 0.05) is 6.20 Å². The van der Waals surface area contributed by atoms with Crippen LogP contribution in [0.2, 0.25) is 0 Å². The molecule has 7 heavy (non-hydrogen) atoms. The molecule has 0 aromatic rings. The summed E-state index contributed by atoms with van der Waals surface area (Å²) in [6.07, 6.45) is 5.70. The third kappa shape index (κ3) is 0.933. The fourth-order valence-corrected chi connectivity index (χ4v) is 0.643. The van der Waals surface area contributed by atoms with Crippen molar-refractivity contribution in [3.8, 4) is 0 Å². The second-order valence-electron chi connectivity index (χ2n) is 1.82. The first kappa shape index (κ1) is 4.65. The molecule has 0 amide bonds. The van der Waals surface area contributed by atoms with Gasteiger partial charge in [0.25, 0.3) is 0 Å². The van der Waals surface area contributed by atoms with E-state index in [1.54, 1.807) is 0 Å². The zero-order chi connectivity index (χ0) is 5.11. The van der Waals surface area contributed by atoms with Crippen LogP contribution in [0.5, 0.6) is 0 Å². The molecule has 0 saturated heterocycles. The maximum Gasteiger partial charge on any atom is 0.0115 e. The highest BCUT2D eigenvalue weighted by Gasteiger charge is 2.05. The number of hydrogen-bond acceptors (Lipinski definition) is 2. The fourth-order valence-electron chi connectivity index (χ4n) is 0.643. The van der Waals surface area contributed by atoms with E-state index in [2.05, 4.69) is 5.43 Å². The third-order valence-corrected chi connectivity index (χ3v) is 1.28. The number of nitrogens with one attached hydrogen (secondary N) is 1. The average molecular weight is 98.1 g/mol. The fraction of sp³-hybridized carbons (Fsp3) is 0.600. The van der Waals surface area contributed by atoms with Crippen molar-refractivity contribution in [1.29, 1.82) is 0 Å². The Labute approximate surface area is 43.4 Å². The Balaban J connectivity index is 2.23. The average Bonchev–Trinajstić information content (AvgIpc) is 1.55. The molecular weight excluding hydrogens is 88.1 g/mol. The standard InChI is InChI=1S/C5H10N2/c6-7-4-5-2-1-3-5/h4,7H,1-3,6H2. The van der Waals surface area contributed by atoms with Crippen LogP contribution in [0.1, 0.15) is 19.3 Å². The molecule has 0 unspecified atom stereocenters. The molecular formula is C5H10N2. The molecule has 0 aromatic heterocycles. The van der Waals surface area contributed by atoms with E-state index >= 15 is 0 Å². The van der Waals surface area contributed by atoms with Crippen molar-refractivity contribution in [3.63, 3.8) is 0 Å². The highest BCUT2D eigenvalue weighted by Crippen LogP contribution is 2.23. The quantitative estimate of drug-likeness (QED) is 0.370. The van der Waals surface area contributed by atoms with Gasteiger partial charge in [0.1, 0.15) is 0 Å². The summed E-state index contributed by atoms with van der Waals surface area (Å²) in [5.41, 5.74) is 3.95. The van der Waals surface area contributed by atoms with Gasteiger partial charge in [-0.1, -0.05) is 5.57 Å². The van der Waals surface area contributed by atoms with Crippen LogP contribution >= 0.6 is 0 Å². The maximum atomic E-state index is 5.01. The van der Waals surface area contributed by atoms with Crippen molar-refractivity contribution in [2.45, 2.75) is 19.3 Å². The van der Waals surface area contributed by atoms with Crippen molar-refractivity contribution in [2.75, 3.05) is 0 Å². The van der Waals surface area contributed by atoms with Crippen molar-refractivity contribution in [3.05, 3.63) is 11.8 Å². The van der Waals surface area contributed by atoms with Crippen molar-refractivity contribution < 1.29 is 0 Å². The van der Waals surface area contributed by atoms with Gasteiger partial charge in [-0.25, -0.2) is 0 Å². The zero-order valence-electron chi connectivity index (χ0n) is 4.28. The summed E-state index contributed by atoms with van der Waals surface area (Å²) in [5, 5.41) is 0. The van der Waals surface area contributed by atoms with Crippen LogP contribution in [0, 0.1) is 0 Å². The summed E-state index contributed by atoms with van der Waals surface area (Å²) in [6.45, 7) is 0. The molecule has 40 valence electrons. The molecule has 0 radical (unpaired) electrons. The number of allylic oxidation sites excluding steroid dienone is 1. The molecule has 1 saturated carbocycles. The predicted molar refractivity (Wildman–Crippen MR) is 29.3 cm³/mol. The Hall–Kier alpha value is -0.500. The van der Waals surface area contributed by atoms with Crippen LogP contribution < -0.4 is 11.3 Å². The highest BCUT2D eigenvalue weighted by molar-refractivity contribution is 5.07. The van der Waals surface area contributed by atoms with Gasteiger partial charge in [-0.2, -0.15) is 0 Å². The lowest BCUT2D eigenvalue weighted by Gasteiger charge is -2.14. The SMILES string of the molecule is NNC=C1CCC1. The summed E-state index contributed by atoms with van der Waals surface area (Å²) in [6, 6.07) is 0. The first-order chi connectivity index (χ1) is 3.43. The van der Waals surface area contributed by atoms with Gasteiger partial charge < -0.3 is 5.43 Å². The van der Waals surface area contributed by atoms with E-state index in [4.69, 9.17) is 5.84 Å². The number of nitrogens with two attached hydrogens (primary N) is 1. The van der Waals surface area contributed by atoms with E-state index in [-0.39, 0.29) is 0 Å². The minimum absolute atomic E-state index is 1.24. The van der Waals surface area contributed by atoms with Crippen molar-refractivity contribution >= 4 is 0 Å². The minimum Gasteiger partial charge on any atom is -0.331 e. The maximum absolute atomic E-state index is 5.01. The molecule has 1 aliphatic rings. The van der Waals surface area contributed by atoms with Gasteiger partial charge in [-0.05, 0) is 19.3 Å². The van der Waals surface area contributed by atoms with Crippen LogP contribution in [0.25, 0.3) is 0 Å². The van der Waals surface area contributed by atoms with E-state index < -0.39 is 0 Å². The number of rotatable bonds is 1. The van der Waals surface area contributed by atoms with Gasteiger partial charge >= 0.3 is 0 Å². The van der Waals surface area contributed by atoms with Gasteiger partial charge in [0.05, 0.1) is 0 Å². The topological polar surface area (TPSA) is 38.0 Å². The normalized spacial score (nSPS) is 18.1. The lowest BCUT2D eigenvalue weighted by atomic mass is 9.94. The van der Waals surface area contributed by atoms with Gasteiger partial charge in [-0.3, -0.25) is 5.84 Å². The minimum atomic E-state index is 1.24. The van der Waals surface area contributed by atoms with Crippen molar-refractivity contribution in [2.24, 2.45) is 5.84 Å². The summed E-state index contributed by atoms with van der Waals surface area (Å²) < 4.78 is 0. The largest absolute Gasteiger partial charge is 0.331 e. The van der Waals surface area contributed by atoms with Crippen LogP contribution in [-0.2, 0) is 0 Å². The molecule has 0 heterocycles. The van der Waals surface area contributed by atoms with E-state index in [0.717, 1.165) is 0 Å². The summed E-state index contributed by atoms with van der Waals surface area (Å²) in [4.78, 5) is 0. The van der Waals surface area contributed by atoms with E-state index in [0.29, 0.717) is 0 Å². The summed E-state index contributed by atoms with van der Waals surface area (Å²) >= 11 is 0. The molecule has 2 heteroatoms. The molecule has 0 atom stereocenters. The lowest BCUT2D eigenvalue weighted by molar-refractivity contribution is 0.650. The molecule has 1 aliphatic carbocycles. The predicted octanol–water partition coefficient (Wildman–Crippen LogP) is 0.518. The van der Waals surface area contributed by atoms with Crippen LogP contribution in [0.4, 0.5) is 0 Å². The molecule has 1 rings (SSSR count). The lowest BCUT2D eigenvalue weighted by Crippen LogP contribution is -2.16. The highest BCUT2D eigenvalue weighted by atomic mass is 15.2. The number of hydrazine groups is 1. The van der Waals surface area contributed by atoms with E-state index in [1.165, 1.54) is 24.8 Å². The van der Waals surface area contributed by atoms with Crippen LogP contribution in [0.15, 0.2) is 11.8 Å². The second-order valence-corrected chi connectivity index (χ2v) is 1.82. The molecule has 0 spiro atoms.